The summed E-state index contributed by atoms with van der Waals surface area (Å²) in [5.41, 5.74) is 13.3. The molecular weight excluding hydrogens is 458 g/mol. The van der Waals surface area contributed by atoms with Gasteiger partial charge in [0.1, 0.15) is 5.82 Å². The average molecular weight is 502 g/mol. The first-order valence-electron chi connectivity index (χ1n) is 13.8. The molecular formula is C30H43N7. The molecule has 0 saturated carbocycles. The third-order valence-electron chi connectivity index (χ3n) is 8.30. The van der Waals surface area contributed by atoms with Crippen LogP contribution in [0.2, 0.25) is 0 Å². The predicted octanol–water partition coefficient (Wildman–Crippen LogP) is 4.37. The van der Waals surface area contributed by atoms with Gasteiger partial charge in [0.05, 0.1) is 6.04 Å². The smallest absolute Gasteiger partial charge is 0.128 e. The quantitative estimate of drug-likeness (QED) is 0.584. The fourth-order valence-electron chi connectivity index (χ4n) is 5.73. The van der Waals surface area contributed by atoms with Crippen LogP contribution in [0.15, 0.2) is 54.9 Å². The van der Waals surface area contributed by atoms with Crippen LogP contribution in [0, 0.1) is 5.92 Å². The number of nitrogens with zero attached hydrogens (tertiary/aromatic N) is 5. The van der Waals surface area contributed by atoms with Crippen molar-refractivity contribution in [3.63, 3.8) is 0 Å². The number of fused-ring (bicyclic) bond motifs is 1. The molecule has 3 unspecified atom stereocenters. The summed E-state index contributed by atoms with van der Waals surface area (Å²) in [6.07, 6.45) is 6.98. The highest BCUT2D eigenvalue weighted by atomic mass is 15.3. The minimum atomic E-state index is -0.00255. The Bertz CT molecular complexity index is 1130. The summed E-state index contributed by atoms with van der Waals surface area (Å²) in [6.45, 7) is 14.5. The Hall–Kier alpha value is -3.19. The summed E-state index contributed by atoms with van der Waals surface area (Å²) in [5, 5.41) is 3.80. The number of pyridine rings is 1. The Labute approximate surface area is 222 Å². The lowest BCUT2D eigenvalue weighted by molar-refractivity contribution is 0.306. The van der Waals surface area contributed by atoms with Gasteiger partial charge in [-0.15, -0.1) is 0 Å². The molecule has 2 fully saturated rings. The van der Waals surface area contributed by atoms with E-state index in [1.165, 1.54) is 41.0 Å². The summed E-state index contributed by atoms with van der Waals surface area (Å²) < 4.78 is 0. The van der Waals surface area contributed by atoms with Crippen LogP contribution in [0.5, 0.6) is 0 Å². The molecule has 1 aromatic carbocycles. The second-order valence-corrected chi connectivity index (χ2v) is 11.0. The number of likely N-dealkylation sites (tertiary alicyclic amines) is 1. The lowest BCUT2D eigenvalue weighted by atomic mass is 9.96. The van der Waals surface area contributed by atoms with Gasteiger partial charge in [0.15, 0.2) is 0 Å². The van der Waals surface area contributed by atoms with Gasteiger partial charge in [0, 0.05) is 93.9 Å². The van der Waals surface area contributed by atoms with E-state index in [9.17, 15) is 0 Å². The first-order valence-corrected chi connectivity index (χ1v) is 13.8. The van der Waals surface area contributed by atoms with Crippen LogP contribution in [-0.4, -0.2) is 74.2 Å². The zero-order chi connectivity index (χ0) is 26.1. The minimum absolute atomic E-state index is 0.00255. The largest absolute Gasteiger partial charge is 0.378 e. The molecule has 3 N–H and O–H groups in total. The highest BCUT2D eigenvalue weighted by Gasteiger charge is 2.29. The summed E-state index contributed by atoms with van der Waals surface area (Å²) >= 11 is 0. The molecule has 198 valence electrons. The number of benzene rings is 1. The first kappa shape index (κ1) is 25.5. The molecule has 0 aliphatic carbocycles. The van der Waals surface area contributed by atoms with Crippen LogP contribution in [-0.2, 0) is 0 Å². The van der Waals surface area contributed by atoms with E-state index in [4.69, 9.17) is 10.7 Å². The van der Waals surface area contributed by atoms with Crippen molar-refractivity contribution < 1.29 is 0 Å². The molecule has 3 aliphatic rings. The number of aromatic nitrogens is 1. The van der Waals surface area contributed by atoms with Gasteiger partial charge in [0.25, 0.3) is 0 Å². The first-order chi connectivity index (χ1) is 17.8. The van der Waals surface area contributed by atoms with Crippen molar-refractivity contribution in [2.75, 3.05) is 68.5 Å². The van der Waals surface area contributed by atoms with Gasteiger partial charge in [-0.25, -0.2) is 4.98 Å². The van der Waals surface area contributed by atoms with Gasteiger partial charge < -0.3 is 30.7 Å². The maximum Gasteiger partial charge on any atom is 0.128 e. The SMILES string of the molecule is C=C(C(C)N)N1CCN(c2ccc(C3C=C(N4CCC(CC)C4)c4ccc(N(C)C)cc4N3)cn2)CC1. The standard InChI is InChI=1S/C30H43N7/c1-6-23-11-12-37(20-23)29-18-27(33-28-17-25(34(4)5)8-9-26(28)29)24-7-10-30(32-19-24)36-15-13-35(14-16-36)22(3)21(2)31/h7-10,17-19,21,23,27,33H,3,6,11-16,20,31H2,1-2,4-5H3. The molecule has 1 aromatic heterocycles. The molecule has 2 aromatic rings. The van der Waals surface area contributed by atoms with Crippen molar-refractivity contribution in [1.82, 2.24) is 14.8 Å². The van der Waals surface area contributed by atoms with Gasteiger partial charge in [-0.1, -0.05) is 26.0 Å². The van der Waals surface area contributed by atoms with E-state index < -0.39 is 0 Å². The molecule has 7 heteroatoms. The van der Waals surface area contributed by atoms with Gasteiger partial charge in [0.2, 0.25) is 0 Å². The fourth-order valence-corrected chi connectivity index (χ4v) is 5.73. The number of nitrogens with two attached hydrogens (primary N) is 1. The van der Waals surface area contributed by atoms with Crippen molar-refractivity contribution in [3.05, 3.63) is 66.0 Å². The zero-order valence-corrected chi connectivity index (χ0v) is 23.0. The lowest BCUT2D eigenvalue weighted by Gasteiger charge is -2.38. The number of piperazine rings is 1. The fraction of sp³-hybridized carbons (Fsp3) is 0.500. The van der Waals surface area contributed by atoms with E-state index in [1.54, 1.807) is 0 Å². The molecule has 2 saturated heterocycles. The zero-order valence-electron chi connectivity index (χ0n) is 23.0. The normalized spacial score (nSPS) is 22.3. The van der Waals surface area contributed by atoms with Crippen molar-refractivity contribution in [2.24, 2.45) is 11.7 Å². The monoisotopic (exact) mass is 501 g/mol. The third-order valence-corrected chi connectivity index (χ3v) is 8.30. The van der Waals surface area contributed by atoms with Crippen LogP contribution >= 0.6 is 0 Å². The van der Waals surface area contributed by atoms with E-state index in [1.807, 2.05) is 13.1 Å². The summed E-state index contributed by atoms with van der Waals surface area (Å²) in [6, 6.07) is 11.3. The Morgan fingerprint density at radius 2 is 1.92 bits per heavy atom. The van der Waals surface area contributed by atoms with Crippen molar-refractivity contribution in [2.45, 2.75) is 38.8 Å². The molecule has 3 aliphatic heterocycles. The van der Waals surface area contributed by atoms with Crippen molar-refractivity contribution in [3.8, 4) is 0 Å². The summed E-state index contributed by atoms with van der Waals surface area (Å²) in [7, 11) is 4.19. The highest BCUT2D eigenvalue weighted by Crippen LogP contribution is 2.40. The van der Waals surface area contributed by atoms with Crippen LogP contribution < -0.4 is 20.9 Å². The molecule has 0 radical (unpaired) electrons. The molecule has 4 heterocycles. The van der Waals surface area contributed by atoms with Gasteiger partial charge in [-0.05, 0) is 55.2 Å². The third kappa shape index (κ3) is 5.28. The second-order valence-electron chi connectivity index (χ2n) is 11.0. The summed E-state index contributed by atoms with van der Waals surface area (Å²) in [5.74, 6) is 1.82. The Morgan fingerprint density at radius 3 is 2.54 bits per heavy atom. The molecule has 7 nitrogen and oxygen atoms in total. The van der Waals surface area contributed by atoms with Crippen LogP contribution in [0.3, 0.4) is 0 Å². The Kier molecular flexibility index (Phi) is 7.33. The van der Waals surface area contributed by atoms with E-state index in [-0.39, 0.29) is 12.1 Å². The molecule has 0 amide bonds. The molecule has 5 rings (SSSR count). The van der Waals surface area contributed by atoms with E-state index in [2.05, 4.69) is 88.9 Å². The lowest BCUT2D eigenvalue weighted by Crippen LogP contribution is -2.48. The summed E-state index contributed by atoms with van der Waals surface area (Å²) in [4.78, 5) is 14.3. The average Bonchev–Trinajstić information content (AvgIpc) is 3.41. The molecule has 3 atom stereocenters. The van der Waals surface area contributed by atoms with E-state index >= 15 is 0 Å². The second kappa shape index (κ2) is 10.7. The predicted molar refractivity (Wildman–Crippen MR) is 156 cm³/mol. The number of nitrogens with one attached hydrogen (secondary N) is 1. The van der Waals surface area contributed by atoms with E-state index in [0.29, 0.717) is 0 Å². The van der Waals surface area contributed by atoms with Crippen molar-refractivity contribution >= 4 is 22.9 Å². The maximum absolute atomic E-state index is 6.03. The maximum atomic E-state index is 6.03. The number of hydrogen-bond acceptors (Lipinski definition) is 7. The minimum Gasteiger partial charge on any atom is -0.378 e. The number of hydrogen-bond donors (Lipinski definition) is 2. The molecule has 0 spiro atoms. The topological polar surface area (TPSA) is 63.9 Å². The Balaban J connectivity index is 1.36. The highest BCUT2D eigenvalue weighted by molar-refractivity contribution is 5.82. The number of rotatable bonds is 7. The van der Waals surface area contributed by atoms with Crippen molar-refractivity contribution in [1.29, 1.82) is 0 Å². The molecule has 0 bridgehead atoms. The van der Waals surface area contributed by atoms with E-state index in [0.717, 1.165) is 56.7 Å². The molecule has 37 heavy (non-hydrogen) atoms. The van der Waals surface area contributed by atoms with Gasteiger partial charge >= 0.3 is 0 Å². The van der Waals surface area contributed by atoms with Crippen LogP contribution in [0.1, 0.15) is 43.9 Å². The number of anilines is 3. The van der Waals surface area contributed by atoms with Crippen LogP contribution in [0.4, 0.5) is 17.2 Å². The van der Waals surface area contributed by atoms with Crippen LogP contribution in [0.25, 0.3) is 5.70 Å². The van der Waals surface area contributed by atoms with Gasteiger partial charge in [-0.2, -0.15) is 0 Å². The Morgan fingerprint density at radius 1 is 1.14 bits per heavy atom. The van der Waals surface area contributed by atoms with Gasteiger partial charge in [-0.3, -0.25) is 0 Å².